The molecule has 3 aromatic heterocycles. The Morgan fingerprint density at radius 3 is 2.81 bits per heavy atom. The number of ether oxygens (including phenoxy) is 1. The lowest BCUT2D eigenvalue weighted by atomic mass is 9.90. The Kier molecular flexibility index (Phi) is 6.04. The van der Waals surface area contributed by atoms with Gasteiger partial charge in [0.2, 0.25) is 0 Å². The Bertz CT molecular complexity index is 1120. The van der Waals surface area contributed by atoms with Crippen molar-refractivity contribution in [2.75, 3.05) is 6.54 Å². The number of hydrogen-bond acceptors (Lipinski definition) is 7. The molecular formula is C20H19F3N6O3. The van der Waals surface area contributed by atoms with Gasteiger partial charge in [0.05, 0.1) is 12.0 Å². The molecule has 0 radical (unpaired) electrons. The van der Waals surface area contributed by atoms with E-state index >= 15 is 0 Å². The van der Waals surface area contributed by atoms with Crippen LogP contribution < -0.4 is 5.32 Å². The number of H-pyrrole nitrogens is 1. The fraction of sp³-hybridized carbons (Fsp3) is 0.350. The van der Waals surface area contributed by atoms with E-state index in [0.29, 0.717) is 43.6 Å². The number of aromatic amines is 1. The van der Waals surface area contributed by atoms with Gasteiger partial charge in [-0.1, -0.05) is 0 Å². The minimum Gasteiger partial charge on any atom is -0.381 e. The highest BCUT2D eigenvalue weighted by atomic mass is 19.4. The first-order valence-electron chi connectivity index (χ1n) is 9.89. The van der Waals surface area contributed by atoms with Crippen molar-refractivity contribution >= 4 is 11.9 Å². The second-order valence-corrected chi connectivity index (χ2v) is 7.21. The summed E-state index contributed by atoms with van der Waals surface area (Å²) in [6, 6.07) is 1.74. The quantitative estimate of drug-likeness (QED) is 0.324. The SMILES string of the molecule is O=C(OC(=O)C(F)(F)F)c1c2c(nn1CCCNCc1cnc[nH]1)-c1ccncc1CC2. The summed E-state index contributed by atoms with van der Waals surface area (Å²) in [5.41, 5.74) is 3.42. The maximum absolute atomic E-state index is 12.6. The van der Waals surface area contributed by atoms with Crippen LogP contribution in [0.2, 0.25) is 0 Å². The number of aromatic nitrogens is 5. The number of carbonyl (C=O) groups excluding carboxylic acids is 2. The van der Waals surface area contributed by atoms with Crippen LogP contribution in [0.1, 0.15) is 33.7 Å². The van der Waals surface area contributed by atoms with Crippen LogP contribution in [-0.4, -0.2) is 49.4 Å². The lowest BCUT2D eigenvalue weighted by Gasteiger charge is -2.15. The van der Waals surface area contributed by atoms with Crippen LogP contribution in [0, 0.1) is 0 Å². The lowest BCUT2D eigenvalue weighted by molar-refractivity contribution is -0.193. The molecule has 3 aromatic rings. The van der Waals surface area contributed by atoms with E-state index in [-0.39, 0.29) is 12.2 Å². The van der Waals surface area contributed by atoms with Crippen molar-refractivity contribution in [1.29, 1.82) is 0 Å². The molecule has 32 heavy (non-hydrogen) atoms. The van der Waals surface area contributed by atoms with Crippen LogP contribution in [0.4, 0.5) is 13.2 Å². The van der Waals surface area contributed by atoms with Gasteiger partial charge in [-0.3, -0.25) is 9.67 Å². The predicted octanol–water partition coefficient (Wildman–Crippen LogP) is 2.19. The Hall–Kier alpha value is -3.54. The van der Waals surface area contributed by atoms with Gasteiger partial charge in [-0.25, -0.2) is 14.6 Å². The van der Waals surface area contributed by atoms with Gasteiger partial charge >= 0.3 is 18.1 Å². The van der Waals surface area contributed by atoms with Crippen molar-refractivity contribution < 1.29 is 27.5 Å². The highest BCUT2D eigenvalue weighted by molar-refractivity contribution is 5.99. The molecule has 2 N–H and O–H groups in total. The normalized spacial score (nSPS) is 12.8. The number of esters is 2. The number of rotatable bonds is 7. The van der Waals surface area contributed by atoms with Gasteiger partial charge in [0.25, 0.3) is 0 Å². The zero-order chi connectivity index (χ0) is 22.7. The summed E-state index contributed by atoms with van der Waals surface area (Å²) in [6.07, 6.45) is 2.71. The monoisotopic (exact) mass is 448 g/mol. The van der Waals surface area contributed by atoms with Gasteiger partial charge in [-0.05, 0) is 37.4 Å². The molecule has 12 heteroatoms. The first-order chi connectivity index (χ1) is 15.3. The molecule has 0 aliphatic heterocycles. The van der Waals surface area contributed by atoms with Gasteiger partial charge in [0, 0.05) is 48.5 Å². The number of alkyl halides is 3. The Labute approximate surface area is 180 Å². The molecule has 0 spiro atoms. The van der Waals surface area contributed by atoms with E-state index < -0.39 is 18.1 Å². The lowest BCUT2D eigenvalue weighted by Crippen LogP contribution is -2.29. The van der Waals surface area contributed by atoms with Gasteiger partial charge in [0.1, 0.15) is 0 Å². The first kappa shape index (κ1) is 21.7. The fourth-order valence-electron chi connectivity index (χ4n) is 3.61. The van der Waals surface area contributed by atoms with Crippen molar-refractivity contribution in [3.8, 4) is 11.3 Å². The number of pyridine rings is 1. The van der Waals surface area contributed by atoms with Crippen molar-refractivity contribution in [1.82, 2.24) is 30.0 Å². The molecule has 0 fully saturated rings. The molecule has 3 heterocycles. The third-order valence-electron chi connectivity index (χ3n) is 5.06. The summed E-state index contributed by atoms with van der Waals surface area (Å²) in [4.78, 5) is 34.8. The van der Waals surface area contributed by atoms with Gasteiger partial charge < -0.3 is 15.0 Å². The summed E-state index contributed by atoms with van der Waals surface area (Å²) in [5, 5.41) is 7.68. The van der Waals surface area contributed by atoms with Gasteiger partial charge in [-0.2, -0.15) is 18.3 Å². The van der Waals surface area contributed by atoms with Crippen molar-refractivity contribution in [3.63, 3.8) is 0 Å². The number of hydrogen-bond donors (Lipinski definition) is 2. The summed E-state index contributed by atoms with van der Waals surface area (Å²) < 4.78 is 43.3. The summed E-state index contributed by atoms with van der Waals surface area (Å²) in [6.45, 7) is 1.36. The second-order valence-electron chi connectivity index (χ2n) is 7.21. The number of nitrogens with zero attached hydrogens (tertiary/aromatic N) is 4. The van der Waals surface area contributed by atoms with Gasteiger partial charge in [0.15, 0.2) is 5.69 Å². The highest BCUT2D eigenvalue weighted by Gasteiger charge is 2.43. The van der Waals surface area contributed by atoms with Crippen LogP contribution >= 0.6 is 0 Å². The number of fused-ring (bicyclic) bond motifs is 3. The molecule has 0 saturated carbocycles. The van der Waals surface area contributed by atoms with Crippen molar-refractivity contribution in [3.05, 3.63) is 53.5 Å². The predicted molar refractivity (Wildman–Crippen MR) is 104 cm³/mol. The summed E-state index contributed by atoms with van der Waals surface area (Å²) in [5.74, 6) is -3.91. The van der Waals surface area contributed by atoms with Crippen LogP contribution in [0.25, 0.3) is 11.3 Å². The van der Waals surface area contributed by atoms with E-state index in [1.54, 1.807) is 31.0 Å². The van der Waals surface area contributed by atoms with Crippen LogP contribution in [0.15, 0.2) is 31.0 Å². The molecule has 0 bridgehead atoms. The van der Waals surface area contributed by atoms with E-state index in [4.69, 9.17) is 0 Å². The smallest absolute Gasteiger partial charge is 0.381 e. The van der Waals surface area contributed by atoms with Gasteiger partial charge in [-0.15, -0.1) is 0 Å². The van der Waals surface area contributed by atoms with Crippen molar-refractivity contribution in [2.24, 2.45) is 0 Å². The summed E-state index contributed by atoms with van der Waals surface area (Å²) in [7, 11) is 0. The molecule has 0 saturated heterocycles. The molecule has 0 atom stereocenters. The minimum absolute atomic E-state index is 0.131. The third kappa shape index (κ3) is 4.54. The molecule has 168 valence electrons. The van der Waals surface area contributed by atoms with Crippen molar-refractivity contribution in [2.45, 2.75) is 38.5 Å². The molecule has 9 nitrogen and oxygen atoms in total. The molecule has 0 amide bonds. The molecule has 0 aromatic carbocycles. The number of aryl methyl sites for hydroxylation is 2. The summed E-state index contributed by atoms with van der Waals surface area (Å²) >= 11 is 0. The molecule has 1 aliphatic rings. The molecule has 4 rings (SSSR count). The standard InChI is InChI=1S/C20H19F3N6O3/c21-20(22,23)19(31)32-18(30)17-15-3-2-12-8-25-6-4-14(12)16(15)28-29(17)7-1-5-24-9-13-10-26-11-27-13/h4,6,8,10-11,24H,1-3,5,7,9H2,(H,26,27). The Morgan fingerprint density at radius 2 is 2.06 bits per heavy atom. The molecular weight excluding hydrogens is 429 g/mol. The maximum Gasteiger partial charge on any atom is 0.491 e. The molecule has 0 unspecified atom stereocenters. The Morgan fingerprint density at radius 1 is 1.22 bits per heavy atom. The maximum atomic E-state index is 12.6. The average Bonchev–Trinajstić information content (AvgIpc) is 3.40. The number of halogens is 3. The zero-order valence-electron chi connectivity index (χ0n) is 16.8. The number of imidazole rings is 1. The fourth-order valence-corrected chi connectivity index (χ4v) is 3.61. The average molecular weight is 448 g/mol. The first-order valence-corrected chi connectivity index (χ1v) is 9.89. The number of nitrogens with one attached hydrogen (secondary N) is 2. The van der Waals surface area contributed by atoms with E-state index in [1.807, 2.05) is 0 Å². The van der Waals surface area contributed by atoms with E-state index in [9.17, 15) is 22.8 Å². The van der Waals surface area contributed by atoms with Crippen LogP contribution in [-0.2, 0) is 35.5 Å². The van der Waals surface area contributed by atoms with E-state index in [1.165, 1.54) is 4.68 Å². The molecule has 1 aliphatic carbocycles. The van der Waals surface area contributed by atoms with E-state index in [2.05, 4.69) is 30.1 Å². The number of carbonyl (C=O) groups is 2. The minimum atomic E-state index is -5.27. The Balaban J connectivity index is 1.55. The van der Waals surface area contributed by atoms with E-state index in [0.717, 1.165) is 16.8 Å². The zero-order valence-corrected chi connectivity index (χ0v) is 16.8. The highest BCUT2D eigenvalue weighted by Crippen LogP contribution is 2.34. The third-order valence-corrected chi connectivity index (χ3v) is 5.06. The van der Waals surface area contributed by atoms with Crippen LogP contribution in [0.5, 0.6) is 0 Å². The van der Waals surface area contributed by atoms with Crippen LogP contribution in [0.3, 0.4) is 0 Å². The largest absolute Gasteiger partial charge is 0.491 e. The topological polar surface area (TPSA) is 115 Å². The second kappa shape index (κ2) is 8.91.